The lowest BCUT2D eigenvalue weighted by Crippen LogP contribution is -2.51. The minimum atomic E-state index is -1.45. The van der Waals surface area contributed by atoms with Gasteiger partial charge in [0.25, 0.3) is 0 Å². The fourth-order valence-corrected chi connectivity index (χ4v) is 1.56. The predicted molar refractivity (Wildman–Crippen MR) is 82.1 cm³/mol. The number of amides is 2. The number of hydrogen-bond acceptors (Lipinski definition) is 6. The lowest BCUT2D eigenvalue weighted by Gasteiger charge is -2.17. The molecule has 0 radical (unpaired) electrons. The van der Waals surface area contributed by atoms with Crippen LogP contribution in [0.5, 0.6) is 0 Å². The molecule has 11 nitrogen and oxygen atoms in total. The Hall–Kier alpha value is -2.40. The highest BCUT2D eigenvalue weighted by atomic mass is 16.4. The molecule has 0 saturated heterocycles. The summed E-state index contributed by atoms with van der Waals surface area (Å²) in [6.45, 7) is 1.11. The third kappa shape index (κ3) is 9.26. The van der Waals surface area contributed by atoms with Gasteiger partial charge in [0.1, 0.15) is 0 Å². The number of aliphatic imine (C=N–C) groups is 1. The molecule has 0 unspecified atom stereocenters. The Kier molecular flexibility index (Phi) is 9.27. The number of rotatable bonds is 10. The summed E-state index contributed by atoms with van der Waals surface area (Å²) in [7, 11) is 0. The van der Waals surface area contributed by atoms with Crippen molar-refractivity contribution in [1.29, 1.82) is 0 Å². The quantitative estimate of drug-likeness (QED) is 0.121. The van der Waals surface area contributed by atoms with Crippen molar-refractivity contribution in [3.63, 3.8) is 0 Å². The third-order valence-electron chi connectivity index (χ3n) is 2.79. The van der Waals surface area contributed by atoms with Gasteiger partial charge in [0.05, 0.1) is 18.7 Å². The summed E-state index contributed by atoms with van der Waals surface area (Å²) in [6.07, 6.45) is -0.470. The van der Waals surface area contributed by atoms with Crippen molar-refractivity contribution in [2.75, 3.05) is 13.1 Å². The normalized spacial score (nSPS) is 14.2. The molecule has 0 aliphatic heterocycles. The second-order valence-electron chi connectivity index (χ2n) is 4.90. The molecule has 0 aromatic carbocycles. The maximum Gasteiger partial charge on any atom is 0.328 e. The Morgan fingerprint density at radius 2 is 1.87 bits per heavy atom. The SMILES string of the molecule is C[C@@H](O)[C@H](NC(=O)CNC(=O)[C@@H](N)CCCN=C(N)N)C(=O)O. The molecule has 11 heteroatoms. The van der Waals surface area contributed by atoms with Crippen LogP contribution in [0.4, 0.5) is 0 Å². The summed E-state index contributed by atoms with van der Waals surface area (Å²) < 4.78 is 0. The Morgan fingerprint density at radius 1 is 1.26 bits per heavy atom. The van der Waals surface area contributed by atoms with E-state index in [0.29, 0.717) is 19.4 Å². The second-order valence-corrected chi connectivity index (χ2v) is 4.90. The molecule has 0 aromatic heterocycles. The van der Waals surface area contributed by atoms with Crippen LogP contribution in [0.1, 0.15) is 19.8 Å². The Balaban J connectivity index is 4.14. The van der Waals surface area contributed by atoms with Gasteiger partial charge in [-0.05, 0) is 19.8 Å². The van der Waals surface area contributed by atoms with Crippen molar-refractivity contribution < 1.29 is 24.6 Å². The monoisotopic (exact) mass is 332 g/mol. The first-order chi connectivity index (χ1) is 10.6. The Bertz CT molecular complexity index is 449. The van der Waals surface area contributed by atoms with Crippen LogP contribution in [0.3, 0.4) is 0 Å². The molecule has 132 valence electrons. The number of hydrogen-bond donors (Lipinski definition) is 7. The van der Waals surface area contributed by atoms with E-state index in [9.17, 15) is 19.5 Å². The van der Waals surface area contributed by atoms with Crippen molar-refractivity contribution in [1.82, 2.24) is 10.6 Å². The molecule has 23 heavy (non-hydrogen) atoms. The zero-order valence-corrected chi connectivity index (χ0v) is 12.9. The zero-order valence-electron chi connectivity index (χ0n) is 12.9. The molecule has 0 bridgehead atoms. The van der Waals surface area contributed by atoms with E-state index in [1.807, 2.05) is 0 Å². The molecule has 0 spiro atoms. The maximum atomic E-state index is 11.7. The average molecular weight is 332 g/mol. The molecule has 3 atom stereocenters. The molecular formula is C12H24N6O5. The number of guanidine groups is 1. The Labute approximate surface area is 133 Å². The first-order valence-corrected chi connectivity index (χ1v) is 6.94. The number of carboxylic acids is 1. The number of aliphatic carboxylic acids is 1. The van der Waals surface area contributed by atoms with E-state index in [4.69, 9.17) is 22.3 Å². The average Bonchev–Trinajstić information content (AvgIpc) is 2.45. The number of carbonyl (C=O) groups excluding carboxylic acids is 2. The molecule has 10 N–H and O–H groups in total. The van der Waals surface area contributed by atoms with Crippen LogP contribution in [-0.2, 0) is 14.4 Å². The number of aliphatic hydroxyl groups excluding tert-OH is 1. The predicted octanol–water partition coefficient (Wildman–Crippen LogP) is -3.57. The molecule has 0 aliphatic carbocycles. The van der Waals surface area contributed by atoms with Gasteiger partial charge >= 0.3 is 5.97 Å². The van der Waals surface area contributed by atoms with Crippen LogP contribution in [0.25, 0.3) is 0 Å². The fourth-order valence-electron chi connectivity index (χ4n) is 1.56. The Morgan fingerprint density at radius 3 is 2.35 bits per heavy atom. The van der Waals surface area contributed by atoms with E-state index in [2.05, 4.69) is 15.6 Å². The van der Waals surface area contributed by atoms with E-state index < -0.39 is 42.5 Å². The minimum absolute atomic E-state index is 0.0502. The van der Waals surface area contributed by atoms with Gasteiger partial charge in [-0.3, -0.25) is 14.6 Å². The highest BCUT2D eigenvalue weighted by Crippen LogP contribution is 1.96. The fraction of sp³-hybridized carbons (Fsp3) is 0.667. The smallest absolute Gasteiger partial charge is 0.328 e. The summed E-state index contributed by atoms with van der Waals surface area (Å²) in [6, 6.07) is -2.29. The minimum Gasteiger partial charge on any atom is -0.480 e. The number of aliphatic hydroxyl groups is 1. The van der Waals surface area contributed by atoms with E-state index in [-0.39, 0.29) is 5.96 Å². The summed E-state index contributed by atoms with van der Waals surface area (Å²) in [4.78, 5) is 37.7. The highest BCUT2D eigenvalue weighted by molar-refractivity contribution is 5.89. The van der Waals surface area contributed by atoms with Crippen molar-refractivity contribution in [3.05, 3.63) is 0 Å². The summed E-state index contributed by atoms with van der Waals surface area (Å²) >= 11 is 0. The zero-order chi connectivity index (χ0) is 18.0. The first-order valence-electron chi connectivity index (χ1n) is 6.94. The molecule has 0 heterocycles. The molecule has 0 aliphatic rings. The highest BCUT2D eigenvalue weighted by Gasteiger charge is 2.25. The van der Waals surface area contributed by atoms with Crippen LogP contribution in [0.2, 0.25) is 0 Å². The van der Waals surface area contributed by atoms with Crippen LogP contribution < -0.4 is 27.8 Å². The standard InChI is InChI=1S/C12H24N6O5/c1-6(19)9(11(22)23)18-8(20)5-17-10(21)7(13)3-2-4-16-12(14)15/h6-7,9,19H,2-5,13H2,1H3,(H,17,21)(H,18,20)(H,22,23)(H4,14,15,16)/t6-,7+,9+/m1/s1. The van der Waals surface area contributed by atoms with Crippen molar-refractivity contribution >= 4 is 23.7 Å². The molecule has 0 saturated carbocycles. The van der Waals surface area contributed by atoms with Crippen LogP contribution >= 0.6 is 0 Å². The van der Waals surface area contributed by atoms with Gasteiger partial charge in [-0.1, -0.05) is 0 Å². The van der Waals surface area contributed by atoms with Gasteiger partial charge in [-0.15, -0.1) is 0 Å². The van der Waals surface area contributed by atoms with Crippen LogP contribution in [0, 0.1) is 0 Å². The van der Waals surface area contributed by atoms with Gasteiger partial charge in [0.2, 0.25) is 11.8 Å². The maximum absolute atomic E-state index is 11.7. The van der Waals surface area contributed by atoms with Crippen molar-refractivity contribution in [2.24, 2.45) is 22.2 Å². The summed E-state index contributed by atoms with van der Waals surface area (Å²) in [5.41, 5.74) is 15.9. The van der Waals surface area contributed by atoms with Gasteiger partial charge in [0.15, 0.2) is 12.0 Å². The van der Waals surface area contributed by atoms with E-state index in [1.54, 1.807) is 0 Å². The van der Waals surface area contributed by atoms with Crippen LogP contribution in [0.15, 0.2) is 4.99 Å². The topological polar surface area (TPSA) is 206 Å². The van der Waals surface area contributed by atoms with Crippen LogP contribution in [-0.4, -0.2) is 65.2 Å². The van der Waals surface area contributed by atoms with Crippen molar-refractivity contribution in [3.8, 4) is 0 Å². The number of carbonyl (C=O) groups is 3. The third-order valence-corrected chi connectivity index (χ3v) is 2.79. The van der Waals surface area contributed by atoms with E-state index in [1.165, 1.54) is 6.92 Å². The lowest BCUT2D eigenvalue weighted by atomic mass is 10.1. The van der Waals surface area contributed by atoms with Gasteiger partial charge < -0.3 is 38.0 Å². The molecule has 2 amide bonds. The number of nitrogens with zero attached hydrogens (tertiary/aromatic N) is 1. The van der Waals surface area contributed by atoms with Gasteiger partial charge in [-0.2, -0.15) is 0 Å². The largest absolute Gasteiger partial charge is 0.480 e. The molecule has 0 fully saturated rings. The van der Waals surface area contributed by atoms with Crippen molar-refractivity contribution in [2.45, 2.75) is 38.0 Å². The summed E-state index contributed by atoms with van der Waals surface area (Å²) in [5, 5.41) is 22.4. The lowest BCUT2D eigenvalue weighted by molar-refractivity contribution is -0.144. The molecule has 0 aromatic rings. The number of nitrogens with two attached hydrogens (primary N) is 3. The summed E-state index contributed by atoms with van der Waals surface area (Å²) in [5.74, 6) is -2.74. The van der Waals surface area contributed by atoms with E-state index >= 15 is 0 Å². The van der Waals surface area contributed by atoms with E-state index in [0.717, 1.165) is 0 Å². The number of nitrogens with one attached hydrogen (secondary N) is 2. The molecular weight excluding hydrogens is 308 g/mol. The van der Waals surface area contributed by atoms with Gasteiger partial charge in [-0.25, -0.2) is 4.79 Å². The molecule has 0 rings (SSSR count). The first kappa shape index (κ1) is 20.6. The second kappa shape index (κ2) is 10.3. The number of carboxylic acid groups (broad SMARTS) is 1. The van der Waals surface area contributed by atoms with Gasteiger partial charge in [0, 0.05) is 6.54 Å².